The van der Waals surface area contributed by atoms with E-state index in [0.717, 1.165) is 11.3 Å². The monoisotopic (exact) mass is 431 g/mol. The van der Waals surface area contributed by atoms with Gasteiger partial charge < -0.3 is 9.47 Å². The number of ether oxygens (including phenoxy) is 2. The molecule has 3 aromatic carbocycles. The smallest absolute Gasteiger partial charge is 0.196 e. The Morgan fingerprint density at radius 1 is 0.871 bits per heavy atom. The average Bonchev–Trinajstić information content (AvgIpc) is 3.26. The molecule has 0 bridgehead atoms. The molecule has 31 heavy (non-hydrogen) atoms. The van der Waals surface area contributed by atoms with Crippen molar-refractivity contribution in [2.45, 2.75) is 5.16 Å². The third-order valence-corrected chi connectivity index (χ3v) is 5.66. The van der Waals surface area contributed by atoms with Crippen LogP contribution < -0.4 is 9.47 Å². The lowest BCUT2D eigenvalue weighted by Gasteiger charge is -2.13. The summed E-state index contributed by atoms with van der Waals surface area (Å²) in [6.07, 6.45) is 0. The number of hydrogen-bond acceptors (Lipinski definition) is 6. The molecule has 0 saturated carbocycles. The lowest BCUT2D eigenvalue weighted by molar-refractivity contribution is 0.102. The van der Waals surface area contributed by atoms with Gasteiger partial charge in [0.1, 0.15) is 11.5 Å². The number of benzene rings is 3. The Balaban J connectivity index is 1.67. The van der Waals surface area contributed by atoms with Gasteiger partial charge in [0.2, 0.25) is 0 Å². The maximum absolute atomic E-state index is 12.7. The molecule has 0 N–H and O–H groups in total. The van der Waals surface area contributed by atoms with Crippen molar-refractivity contribution in [1.29, 1.82) is 0 Å². The van der Waals surface area contributed by atoms with Gasteiger partial charge in [-0.2, -0.15) is 0 Å². The average molecular weight is 432 g/mol. The second kappa shape index (κ2) is 9.49. The number of carbonyl (C=O) groups is 1. The number of hydrogen-bond donors (Lipinski definition) is 0. The van der Waals surface area contributed by atoms with Gasteiger partial charge >= 0.3 is 0 Å². The van der Waals surface area contributed by atoms with Crippen molar-refractivity contribution in [3.63, 3.8) is 0 Å². The zero-order chi connectivity index (χ0) is 21.6. The second-order valence-corrected chi connectivity index (χ2v) is 7.56. The maximum Gasteiger partial charge on any atom is 0.196 e. The van der Waals surface area contributed by atoms with Crippen LogP contribution in [-0.2, 0) is 0 Å². The van der Waals surface area contributed by atoms with Gasteiger partial charge in [-0.15, -0.1) is 10.2 Å². The highest BCUT2D eigenvalue weighted by Crippen LogP contribution is 2.32. The Morgan fingerprint density at radius 2 is 1.58 bits per heavy atom. The summed E-state index contributed by atoms with van der Waals surface area (Å²) in [6.45, 7) is 0. The molecule has 7 heteroatoms. The van der Waals surface area contributed by atoms with Crippen LogP contribution in [0.25, 0.3) is 17.1 Å². The van der Waals surface area contributed by atoms with E-state index in [-0.39, 0.29) is 11.5 Å². The zero-order valence-electron chi connectivity index (χ0n) is 17.2. The van der Waals surface area contributed by atoms with Crippen LogP contribution >= 0.6 is 11.8 Å². The predicted octanol–water partition coefficient (Wildman–Crippen LogP) is 4.93. The van der Waals surface area contributed by atoms with Gasteiger partial charge in [-0.05, 0) is 36.4 Å². The molecule has 1 heterocycles. The first-order valence-corrected chi connectivity index (χ1v) is 10.6. The molecule has 156 valence electrons. The van der Waals surface area contributed by atoms with Crippen molar-refractivity contribution in [2.75, 3.05) is 20.0 Å². The molecule has 0 aliphatic heterocycles. The van der Waals surface area contributed by atoms with Crippen LogP contribution in [0.1, 0.15) is 10.4 Å². The van der Waals surface area contributed by atoms with Crippen molar-refractivity contribution < 1.29 is 14.3 Å². The van der Waals surface area contributed by atoms with Crippen molar-refractivity contribution in [3.8, 4) is 28.6 Å². The summed E-state index contributed by atoms with van der Waals surface area (Å²) in [7, 11) is 3.23. The number of nitrogens with zero attached hydrogens (tertiary/aromatic N) is 3. The Bertz CT molecular complexity index is 1170. The van der Waals surface area contributed by atoms with Crippen molar-refractivity contribution in [3.05, 3.63) is 84.4 Å². The number of para-hydroxylation sites is 2. The first kappa shape index (κ1) is 20.7. The molecule has 0 atom stereocenters. The normalized spacial score (nSPS) is 10.6. The van der Waals surface area contributed by atoms with Crippen LogP contribution in [0.15, 0.2) is 84.0 Å². The standard InChI is InChI=1S/C24H21N3O3S/c1-29-19-14-12-17(13-15-19)21(28)16-31-24-26-25-23(18-8-4-3-5-9-18)27(24)20-10-6-7-11-22(20)30-2/h3-15H,16H2,1-2H3. The minimum atomic E-state index is 0.00323. The number of rotatable bonds is 8. The number of thioether (sulfide) groups is 1. The summed E-state index contributed by atoms with van der Waals surface area (Å²) >= 11 is 1.34. The molecule has 0 radical (unpaired) electrons. The van der Waals surface area contributed by atoms with Crippen molar-refractivity contribution >= 4 is 17.5 Å². The third-order valence-electron chi connectivity index (χ3n) is 4.74. The highest BCUT2D eigenvalue weighted by atomic mass is 32.2. The zero-order valence-corrected chi connectivity index (χ0v) is 18.0. The minimum absolute atomic E-state index is 0.00323. The largest absolute Gasteiger partial charge is 0.497 e. The molecule has 0 aliphatic carbocycles. The molecular formula is C24H21N3O3S. The van der Waals surface area contributed by atoms with E-state index in [1.54, 1.807) is 38.5 Å². The fourth-order valence-electron chi connectivity index (χ4n) is 3.16. The number of ketones is 1. The first-order chi connectivity index (χ1) is 15.2. The molecule has 0 saturated heterocycles. The molecule has 0 amide bonds. The number of methoxy groups -OCH3 is 2. The van der Waals surface area contributed by atoms with Crippen LogP contribution in [0, 0.1) is 0 Å². The third kappa shape index (κ3) is 4.46. The van der Waals surface area contributed by atoms with E-state index in [9.17, 15) is 4.79 Å². The van der Waals surface area contributed by atoms with Crippen LogP contribution in [0.3, 0.4) is 0 Å². The van der Waals surface area contributed by atoms with Gasteiger partial charge in [0, 0.05) is 11.1 Å². The molecule has 4 rings (SSSR count). The van der Waals surface area contributed by atoms with Crippen molar-refractivity contribution in [1.82, 2.24) is 14.8 Å². The molecule has 0 spiro atoms. The summed E-state index contributed by atoms with van der Waals surface area (Å²) in [5, 5.41) is 9.42. The lowest BCUT2D eigenvalue weighted by atomic mass is 10.1. The second-order valence-electron chi connectivity index (χ2n) is 6.62. The molecule has 0 aliphatic rings. The topological polar surface area (TPSA) is 66.2 Å². The summed E-state index contributed by atoms with van der Waals surface area (Å²) in [4.78, 5) is 12.7. The quantitative estimate of drug-likeness (QED) is 0.291. The first-order valence-electron chi connectivity index (χ1n) is 9.65. The Kier molecular flexibility index (Phi) is 6.33. The highest BCUT2D eigenvalue weighted by molar-refractivity contribution is 7.99. The SMILES string of the molecule is COc1ccc(C(=O)CSc2nnc(-c3ccccc3)n2-c2ccccc2OC)cc1. The van der Waals surface area contributed by atoms with E-state index in [2.05, 4.69) is 10.2 Å². The van der Waals surface area contributed by atoms with E-state index in [4.69, 9.17) is 9.47 Å². The van der Waals surface area contributed by atoms with Gasteiger partial charge in [0.05, 0.1) is 25.7 Å². The van der Waals surface area contributed by atoms with E-state index in [0.29, 0.717) is 28.0 Å². The molecule has 0 fully saturated rings. The summed E-state index contributed by atoms with van der Waals surface area (Å²) < 4.78 is 12.7. The molecule has 1 aromatic heterocycles. The van der Waals surface area contributed by atoms with Crippen LogP contribution in [0.4, 0.5) is 0 Å². The fraction of sp³-hybridized carbons (Fsp3) is 0.125. The Labute approximate surface area is 184 Å². The van der Waals surface area contributed by atoms with Gasteiger partial charge in [-0.1, -0.05) is 54.2 Å². The molecular weight excluding hydrogens is 410 g/mol. The van der Waals surface area contributed by atoms with Gasteiger partial charge in [-0.25, -0.2) is 0 Å². The van der Waals surface area contributed by atoms with Gasteiger partial charge in [0.15, 0.2) is 16.8 Å². The molecule has 0 unspecified atom stereocenters. The Morgan fingerprint density at radius 3 is 2.29 bits per heavy atom. The Hall–Kier alpha value is -3.58. The summed E-state index contributed by atoms with van der Waals surface area (Å²) in [5.74, 6) is 2.33. The molecule has 4 aromatic rings. The minimum Gasteiger partial charge on any atom is -0.497 e. The van der Waals surface area contributed by atoms with E-state index in [1.165, 1.54) is 11.8 Å². The number of Topliss-reactive ketones (excluding diaryl/α,β-unsaturated/α-hetero) is 1. The van der Waals surface area contributed by atoms with E-state index < -0.39 is 0 Å². The fourth-order valence-corrected chi connectivity index (χ4v) is 4.00. The van der Waals surface area contributed by atoms with Gasteiger partial charge in [0.25, 0.3) is 0 Å². The number of aromatic nitrogens is 3. The molecule has 6 nitrogen and oxygen atoms in total. The summed E-state index contributed by atoms with van der Waals surface area (Å²) in [6, 6.07) is 24.6. The van der Waals surface area contributed by atoms with Gasteiger partial charge in [-0.3, -0.25) is 9.36 Å². The van der Waals surface area contributed by atoms with Crippen LogP contribution in [0.5, 0.6) is 11.5 Å². The number of carbonyl (C=O) groups excluding carboxylic acids is 1. The summed E-state index contributed by atoms with van der Waals surface area (Å²) in [5.41, 5.74) is 2.36. The highest BCUT2D eigenvalue weighted by Gasteiger charge is 2.20. The maximum atomic E-state index is 12.7. The van der Waals surface area contributed by atoms with E-state index >= 15 is 0 Å². The van der Waals surface area contributed by atoms with E-state index in [1.807, 2.05) is 59.2 Å². The predicted molar refractivity (Wildman–Crippen MR) is 121 cm³/mol. The van der Waals surface area contributed by atoms with Crippen LogP contribution in [-0.4, -0.2) is 40.5 Å². The van der Waals surface area contributed by atoms with Crippen LogP contribution in [0.2, 0.25) is 0 Å². The van der Waals surface area contributed by atoms with Crippen molar-refractivity contribution in [2.24, 2.45) is 0 Å². The lowest BCUT2D eigenvalue weighted by Crippen LogP contribution is -2.06.